The molecular formula is C11H13BrNNaO4S. The van der Waals surface area contributed by atoms with Crippen LogP contribution in [0.4, 0.5) is 5.69 Å². The number of benzene rings is 1. The molecule has 0 radical (unpaired) electrons. The second-order valence-corrected chi connectivity index (χ2v) is 5.17. The molecule has 0 saturated carbocycles. The summed E-state index contributed by atoms with van der Waals surface area (Å²) in [5, 5.41) is 16.5. The minimum Gasteiger partial charge on any atom is -0.691 e. The summed E-state index contributed by atoms with van der Waals surface area (Å²) in [7, 11) is 0. The number of rotatable bonds is 6. The summed E-state index contributed by atoms with van der Waals surface area (Å²) in [5.41, 5.74) is 2.53. The van der Waals surface area contributed by atoms with Crippen LogP contribution in [0.3, 0.4) is 0 Å². The Morgan fingerprint density at radius 2 is 2.11 bits per heavy atom. The van der Waals surface area contributed by atoms with Gasteiger partial charge in [-0.15, -0.1) is 0 Å². The third-order valence-corrected chi connectivity index (χ3v) is 3.41. The Labute approximate surface area is 146 Å². The Balaban J connectivity index is 0.00000324. The van der Waals surface area contributed by atoms with Gasteiger partial charge in [0.25, 0.3) is 0 Å². The van der Waals surface area contributed by atoms with E-state index in [4.69, 9.17) is 0 Å². The van der Waals surface area contributed by atoms with Crippen molar-refractivity contribution in [2.75, 3.05) is 10.6 Å². The van der Waals surface area contributed by atoms with E-state index in [0.717, 1.165) is 33.8 Å². The van der Waals surface area contributed by atoms with Gasteiger partial charge in [0, 0.05) is 22.3 Å². The first-order chi connectivity index (χ1) is 8.58. The van der Waals surface area contributed by atoms with Crippen molar-refractivity contribution >= 4 is 39.6 Å². The summed E-state index contributed by atoms with van der Waals surface area (Å²) in [6.45, 7) is 3.72. The third kappa shape index (κ3) is 6.59. The van der Waals surface area contributed by atoms with Crippen LogP contribution >= 0.6 is 28.0 Å². The number of anilines is 1. The molecule has 1 aromatic rings. The maximum Gasteiger partial charge on any atom is 1.00 e. The Hall–Kier alpha value is 0.400. The summed E-state index contributed by atoms with van der Waals surface area (Å²) in [4.78, 5) is 12.3. The van der Waals surface area contributed by atoms with E-state index in [1.165, 1.54) is 0 Å². The van der Waals surface area contributed by atoms with Gasteiger partial charge >= 0.3 is 29.6 Å². The van der Waals surface area contributed by atoms with Gasteiger partial charge in [0.15, 0.2) is 0 Å². The number of amides is 1. The monoisotopic (exact) mass is 357 g/mol. The second kappa shape index (κ2) is 10.2. The molecule has 0 unspecified atom stereocenters. The molecule has 1 rings (SSSR count). The predicted molar refractivity (Wildman–Crippen MR) is 71.0 cm³/mol. The molecular weight excluding hydrogens is 345 g/mol. The molecule has 1 amide bonds. The van der Waals surface area contributed by atoms with Crippen LogP contribution in [-0.4, -0.2) is 11.2 Å². The van der Waals surface area contributed by atoms with Gasteiger partial charge in [0.05, 0.1) is 12.0 Å². The number of carbonyl (C=O) groups excluding carboxylic acids is 1. The fraction of sp³-hybridized carbons (Fsp3) is 0.364. The van der Waals surface area contributed by atoms with Crippen molar-refractivity contribution in [3.8, 4) is 0 Å². The summed E-state index contributed by atoms with van der Waals surface area (Å²) in [5.74, 6) is -0.0473. The number of hydrogen-bond acceptors (Lipinski definition) is 5. The largest absolute Gasteiger partial charge is 1.00 e. The van der Waals surface area contributed by atoms with Crippen LogP contribution in [0.5, 0.6) is 0 Å². The number of aryl methyl sites for hydroxylation is 2. The average molecular weight is 358 g/mol. The normalized spacial score (nSPS) is 9.89. The number of alkyl halides is 1. The van der Waals surface area contributed by atoms with Crippen LogP contribution in [0.1, 0.15) is 17.5 Å². The Bertz CT molecular complexity index is 433. The van der Waals surface area contributed by atoms with Gasteiger partial charge in [-0.3, -0.25) is 9.83 Å². The van der Waals surface area contributed by atoms with Gasteiger partial charge in [-0.1, -0.05) is 15.9 Å². The zero-order valence-electron chi connectivity index (χ0n) is 11.0. The van der Waals surface area contributed by atoms with Crippen molar-refractivity contribution < 1.29 is 49.0 Å². The number of carbonyl (C=O) groups is 1. The third-order valence-electron chi connectivity index (χ3n) is 2.27. The average Bonchev–Trinajstić information content (AvgIpc) is 2.32. The molecule has 0 saturated heterocycles. The van der Waals surface area contributed by atoms with Crippen LogP contribution in [0.25, 0.3) is 0 Å². The molecule has 0 aliphatic rings. The standard InChI is InChI=1S/C11H14BrNO4S.Na/c1-7-6-10(18-17-16-15)8(2)5-9(7)13-11(14)3-4-12;/h5-6,15H,3-4H2,1-2H3,(H,13,14);/q;+1/p-1. The van der Waals surface area contributed by atoms with Crippen molar-refractivity contribution in [1.29, 1.82) is 0 Å². The van der Waals surface area contributed by atoms with E-state index in [9.17, 15) is 10.1 Å². The fourth-order valence-corrected chi connectivity index (χ4v) is 2.24. The predicted octanol–water partition coefficient (Wildman–Crippen LogP) is -0.738. The first-order valence-electron chi connectivity index (χ1n) is 5.18. The quantitative estimate of drug-likeness (QED) is 0.239. The molecule has 0 bridgehead atoms. The first-order valence-corrected chi connectivity index (χ1v) is 7.05. The van der Waals surface area contributed by atoms with Crippen molar-refractivity contribution in [2.45, 2.75) is 25.2 Å². The molecule has 0 heterocycles. The molecule has 19 heavy (non-hydrogen) atoms. The Morgan fingerprint density at radius 3 is 2.68 bits per heavy atom. The molecule has 0 aliphatic heterocycles. The van der Waals surface area contributed by atoms with Gasteiger partial charge in [-0.2, -0.15) is 4.33 Å². The van der Waals surface area contributed by atoms with E-state index in [-0.39, 0.29) is 35.5 Å². The maximum absolute atomic E-state index is 11.5. The fourth-order valence-electron chi connectivity index (χ4n) is 1.36. The molecule has 5 nitrogen and oxygen atoms in total. The first kappa shape index (κ1) is 19.4. The van der Waals surface area contributed by atoms with Crippen molar-refractivity contribution in [3.05, 3.63) is 23.3 Å². The van der Waals surface area contributed by atoms with Crippen LogP contribution in [0.15, 0.2) is 17.0 Å². The minimum atomic E-state index is -0.0473. The maximum atomic E-state index is 11.5. The molecule has 0 aromatic heterocycles. The second-order valence-electron chi connectivity index (χ2n) is 3.64. The number of nitrogens with one attached hydrogen (secondary N) is 1. The van der Waals surface area contributed by atoms with Gasteiger partial charge < -0.3 is 10.6 Å². The van der Waals surface area contributed by atoms with E-state index in [1.807, 2.05) is 26.0 Å². The van der Waals surface area contributed by atoms with E-state index in [0.29, 0.717) is 11.8 Å². The molecule has 0 aliphatic carbocycles. The van der Waals surface area contributed by atoms with E-state index in [1.54, 1.807) is 0 Å². The zero-order valence-corrected chi connectivity index (χ0v) is 15.4. The van der Waals surface area contributed by atoms with E-state index in [2.05, 4.69) is 30.6 Å². The minimum absolute atomic E-state index is 0. The summed E-state index contributed by atoms with van der Waals surface area (Å²) >= 11 is 4.06. The summed E-state index contributed by atoms with van der Waals surface area (Å²) in [6.07, 6.45) is 0.419. The molecule has 8 heteroatoms. The van der Waals surface area contributed by atoms with Crippen LogP contribution in [0.2, 0.25) is 0 Å². The van der Waals surface area contributed by atoms with Gasteiger partial charge in [0.2, 0.25) is 5.91 Å². The molecule has 1 aromatic carbocycles. The van der Waals surface area contributed by atoms with E-state index >= 15 is 0 Å². The van der Waals surface area contributed by atoms with Gasteiger partial charge in [-0.05, 0) is 37.1 Å². The molecule has 0 spiro atoms. The van der Waals surface area contributed by atoms with Crippen molar-refractivity contribution in [1.82, 2.24) is 0 Å². The Morgan fingerprint density at radius 1 is 1.42 bits per heavy atom. The van der Waals surface area contributed by atoms with Crippen LogP contribution in [-0.2, 0) is 14.2 Å². The summed E-state index contributed by atoms with van der Waals surface area (Å²) < 4.78 is 4.28. The van der Waals surface area contributed by atoms with Gasteiger partial charge in [0.1, 0.15) is 0 Å². The SMILES string of the molecule is Cc1cc(SOO[O-])c(C)cc1NC(=O)CCBr.[Na+]. The molecule has 0 atom stereocenters. The van der Waals surface area contributed by atoms with Crippen LogP contribution in [0, 0.1) is 13.8 Å². The van der Waals surface area contributed by atoms with Crippen molar-refractivity contribution in [3.63, 3.8) is 0 Å². The number of halogens is 1. The van der Waals surface area contributed by atoms with Crippen LogP contribution < -0.4 is 40.1 Å². The summed E-state index contributed by atoms with van der Waals surface area (Å²) in [6, 6.07) is 3.65. The molecule has 0 fully saturated rings. The zero-order chi connectivity index (χ0) is 13.5. The molecule has 1 N–H and O–H groups in total. The molecule has 100 valence electrons. The Kier molecular flexibility index (Phi) is 10.4. The topological polar surface area (TPSA) is 70.6 Å². The number of hydrogen-bond donors (Lipinski definition) is 1. The van der Waals surface area contributed by atoms with E-state index < -0.39 is 0 Å². The van der Waals surface area contributed by atoms with Crippen molar-refractivity contribution in [2.24, 2.45) is 0 Å². The smallest absolute Gasteiger partial charge is 0.691 e. The van der Waals surface area contributed by atoms with Gasteiger partial charge in [-0.25, -0.2) is 0 Å².